The predicted octanol–water partition coefficient (Wildman–Crippen LogP) is 3.53. The number of methoxy groups -OCH3 is 1. The second-order valence-corrected chi connectivity index (χ2v) is 5.69. The summed E-state index contributed by atoms with van der Waals surface area (Å²) in [6.07, 6.45) is 1.73. The summed E-state index contributed by atoms with van der Waals surface area (Å²) in [5.74, 6) is 0.623. The zero-order valence-corrected chi connectivity index (χ0v) is 11.1. The molecule has 0 radical (unpaired) electrons. The van der Waals surface area contributed by atoms with Gasteiger partial charge in [-0.1, -0.05) is 0 Å². The lowest BCUT2D eigenvalue weighted by molar-refractivity contribution is 0.398. The SMILES string of the molecule is COc1cc(NCc2ccc(Br)s2)ccn1. The van der Waals surface area contributed by atoms with Gasteiger partial charge in [0.05, 0.1) is 10.9 Å². The lowest BCUT2D eigenvalue weighted by atomic mass is 10.4. The van der Waals surface area contributed by atoms with Crippen molar-refractivity contribution in [3.63, 3.8) is 0 Å². The Balaban J connectivity index is 1.99. The fourth-order valence-electron chi connectivity index (χ4n) is 1.27. The fourth-order valence-corrected chi connectivity index (χ4v) is 2.69. The van der Waals surface area contributed by atoms with Crippen molar-refractivity contribution in [1.29, 1.82) is 0 Å². The third-order valence-corrected chi connectivity index (χ3v) is 3.66. The first kappa shape index (κ1) is 11.4. The van der Waals surface area contributed by atoms with Gasteiger partial charge in [-0.25, -0.2) is 4.98 Å². The molecule has 2 aromatic rings. The molecule has 2 aromatic heterocycles. The average Bonchev–Trinajstić information content (AvgIpc) is 2.73. The highest BCUT2D eigenvalue weighted by Gasteiger charge is 1.99. The Labute approximate surface area is 107 Å². The normalized spacial score (nSPS) is 10.1. The summed E-state index contributed by atoms with van der Waals surface area (Å²) >= 11 is 5.17. The van der Waals surface area contributed by atoms with Crippen molar-refractivity contribution in [2.24, 2.45) is 0 Å². The van der Waals surface area contributed by atoms with Crippen molar-refractivity contribution in [1.82, 2.24) is 4.98 Å². The quantitative estimate of drug-likeness (QED) is 0.938. The highest BCUT2D eigenvalue weighted by Crippen LogP contribution is 2.23. The lowest BCUT2D eigenvalue weighted by Gasteiger charge is -2.05. The molecule has 0 fully saturated rings. The number of hydrogen-bond acceptors (Lipinski definition) is 4. The minimum Gasteiger partial charge on any atom is -0.481 e. The van der Waals surface area contributed by atoms with Crippen LogP contribution < -0.4 is 10.1 Å². The number of aromatic nitrogens is 1. The van der Waals surface area contributed by atoms with Gasteiger partial charge in [-0.2, -0.15) is 0 Å². The van der Waals surface area contributed by atoms with Gasteiger partial charge in [0.15, 0.2) is 0 Å². The van der Waals surface area contributed by atoms with E-state index in [9.17, 15) is 0 Å². The smallest absolute Gasteiger partial charge is 0.214 e. The van der Waals surface area contributed by atoms with E-state index in [0.717, 1.165) is 16.0 Å². The lowest BCUT2D eigenvalue weighted by Crippen LogP contribution is -1.98. The molecule has 0 aliphatic rings. The van der Waals surface area contributed by atoms with Gasteiger partial charge in [0.2, 0.25) is 5.88 Å². The van der Waals surface area contributed by atoms with Crippen LogP contribution in [0.3, 0.4) is 0 Å². The number of pyridine rings is 1. The van der Waals surface area contributed by atoms with E-state index in [1.807, 2.05) is 12.1 Å². The molecule has 84 valence electrons. The number of thiophene rings is 1. The maximum Gasteiger partial charge on any atom is 0.214 e. The molecule has 0 saturated carbocycles. The van der Waals surface area contributed by atoms with Crippen LogP contribution in [0.2, 0.25) is 0 Å². The van der Waals surface area contributed by atoms with Crippen molar-refractivity contribution in [3.05, 3.63) is 39.1 Å². The third-order valence-electron chi connectivity index (χ3n) is 2.04. The van der Waals surface area contributed by atoms with Crippen LogP contribution in [0.4, 0.5) is 5.69 Å². The Bertz CT molecular complexity index is 473. The molecular weight excluding hydrogens is 288 g/mol. The number of halogens is 1. The molecule has 2 heterocycles. The molecule has 2 rings (SSSR count). The van der Waals surface area contributed by atoms with Gasteiger partial charge < -0.3 is 10.1 Å². The Morgan fingerprint density at radius 1 is 1.44 bits per heavy atom. The van der Waals surface area contributed by atoms with Gasteiger partial charge in [-0.05, 0) is 34.1 Å². The topological polar surface area (TPSA) is 34.1 Å². The van der Waals surface area contributed by atoms with Crippen LogP contribution in [0.25, 0.3) is 0 Å². The maximum absolute atomic E-state index is 5.05. The van der Waals surface area contributed by atoms with Crippen LogP contribution in [0.5, 0.6) is 5.88 Å². The number of ether oxygens (including phenoxy) is 1. The van der Waals surface area contributed by atoms with Crippen LogP contribution in [0.15, 0.2) is 34.2 Å². The number of rotatable bonds is 4. The zero-order valence-electron chi connectivity index (χ0n) is 8.74. The Morgan fingerprint density at radius 2 is 2.31 bits per heavy atom. The summed E-state index contributed by atoms with van der Waals surface area (Å²) < 4.78 is 6.20. The van der Waals surface area contributed by atoms with E-state index < -0.39 is 0 Å². The summed E-state index contributed by atoms with van der Waals surface area (Å²) in [7, 11) is 1.61. The van der Waals surface area contributed by atoms with Crippen molar-refractivity contribution >= 4 is 33.0 Å². The van der Waals surface area contributed by atoms with Gasteiger partial charge >= 0.3 is 0 Å². The molecule has 5 heteroatoms. The second-order valence-electron chi connectivity index (χ2n) is 3.15. The minimum atomic E-state index is 0.623. The minimum absolute atomic E-state index is 0.623. The molecular formula is C11H11BrN2OS. The van der Waals surface area contributed by atoms with Crippen LogP contribution >= 0.6 is 27.3 Å². The number of nitrogens with one attached hydrogen (secondary N) is 1. The third kappa shape index (κ3) is 2.96. The second kappa shape index (κ2) is 5.32. The average molecular weight is 299 g/mol. The van der Waals surface area contributed by atoms with Crippen LogP contribution in [0.1, 0.15) is 4.88 Å². The summed E-state index contributed by atoms with van der Waals surface area (Å²) in [5.41, 5.74) is 1.01. The fraction of sp³-hybridized carbons (Fsp3) is 0.182. The van der Waals surface area contributed by atoms with Gasteiger partial charge in [-0.15, -0.1) is 11.3 Å². The Kier molecular flexibility index (Phi) is 3.79. The molecule has 3 nitrogen and oxygen atoms in total. The van der Waals surface area contributed by atoms with E-state index in [2.05, 4.69) is 38.4 Å². The van der Waals surface area contributed by atoms with Gasteiger partial charge in [0.25, 0.3) is 0 Å². The molecule has 16 heavy (non-hydrogen) atoms. The number of anilines is 1. The standard InChI is InChI=1S/C11H11BrN2OS/c1-15-11-6-8(4-5-13-11)14-7-9-2-3-10(12)16-9/h2-6H,7H2,1H3,(H,13,14). The number of nitrogens with zero attached hydrogens (tertiary/aromatic N) is 1. The van der Waals surface area contributed by atoms with Crippen LogP contribution in [-0.2, 0) is 6.54 Å². The van der Waals surface area contributed by atoms with E-state index in [1.165, 1.54) is 4.88 Å². The van der Waals surface area contributed by atoms with Gasteiger partial charge in [-0.3, -0.25) is 0 Å². The van der Waals surface area contributed by atoms with E-state index >= 15 is 0 Å². The number of hydrogen-bond donors (Lipinski definition) is 1. The summed E-state index contributed by atoms with van der Waals surface area (Å²) in [6.45, 7) is 0.809. The molecule has 0 aromatic carbocycles. The molecule has 0 saturated heterocycles. The maximum atomic E-state index is 5.05. The summed E-state index contributed by atoms with van der Waals surface area (Å²) in [5, 5.41) is 3.32. The van der Waals surface area contributed by atoms with E-state index in [-0.39, 0.29) is 0 Å². The van der Waals surface area contributed by atoms with Crippen LogP contribution in [0, 0.1) is 0 Å². The largest absolute Gasteiger partial charge is 0.481 e. The molecule has 0 aliphatic heterocycles. The first-order chi connectivity index (χ1) is 7.78. The molecule has 1 N–H and O–H groups in total. The molecule has 0 amide bonds. The van der Waals surface area contributed by atoms with Crippen molar-refractivity contribution in [2.75, 3.05) is 12.4 Å². The molecule has 0 spiro atoms. The zero-order chi connectivity index (χ0) is 11.4. The van der Waals surface area contributed by atoms with E-state index in [0.29, 0.717) is 5.88 Å². The highest BCUT2D eigenvalue weighted by atomic mass is 79.9. The molecule has 0 unspecified atom stereocenters. The van der Waals surface area contributed by atoms with Crippen molar-refractivity contribution in [3.8, 4) is 5.88 Å². The monoisotopic (exact) mass is 298 g/mol. The molecule has 0 atom stereocenters. The van der Waals surface area contributed by atoms with Crippen molar-refractivity contribution in [2.45, 2.75) is 6.54 Å². The van der Waals surface area contributed by atoms with Gasteiger partial charge in [0.1, 0.15) is 0 Å². The molecule has 0 aliphatic carbocycles. The first-order valence-electron chi connectivity index (χ1n) is 4.76. The van der Waals surface area contributed by atoms with E-state index in [4.69, 9.17) is 4.74 Å². The molecule has 0 bridgehead atoms. The summed E-state index contributed by atoms with van der Waals surface area (Å²) in [6, 6.07) is 7.95. The Hall–Kier alpha value is -1.07. The first-order valence-corrected chi connectivity index (χ1v) is 6.37. The Morgan fingerprint density at radius 3 is 3.00 bits per heavy atom. The predicted molar refractivity (Wildman–Crippen MR) is 70.1 cm³/mol. The van der Waals surface area contributed by atoms with Gasteiger partial charge in [0, 0.05) is 29.4 Å². The van der Waals surface area contributed by atoms with Crippen molar-refractivity contribution < 1.29 is 4.74 Å². The highest BCUT2D eigenvalue weighted by molar-refractivity contribution is 9.11. The summed E-state index contributed by atoms with van der Waals surface area (Å²) in [4.78, 5) is 5.33. The van der Waals surface area contributed by atoms with Crippen LogP contribution in [-0.4, -0.2) is 12.1 Å². The van der Waals surface area contributed by atoms with E-state index in [1.54, 1.807) is 24.6 Å².